The molecule has 4 nitrogen and oxygen atoms in total. The summed E-state index contributed by atoms with van der Waals surface area (Å²) in [6.45, 7) is 1.74. The van der Waals surface area contributed by atoms with E-state index in [9.17, 15) is 0 Å². The second kappa shape index (κ2) is 5.50. The van der Waals surface area contributed by atoms with Crippen molar-refractivity contribution in [1.82, 2.24) is 15.1 Å². The molecule has 0 saturated carbocycles. The molecule has 0 aliphatic heterocycles. The van der Waals surface area contributed by atoms with Crippen LogP contribution in [0.4, 0.5) is 5.69 Å². The highest BCUT2D eigenvalue weighted by atomic mass is 15.1. The van der Waals surface area contributed by atoms with Crippen LogP contribution in [0.3, 0.4) is 0 Å². The van der Waals surface area contributed by atoms with Gasteiger partial charge in [0.1, 0.15) is 0 Å². The molecule has 1 aromatic carbocycles. The van der Waals surface area contributed by atoms with Gasteiger partial charge in [0.2, 0.25) is 0 Å². The Labute approximate surface area is 102 Å². The van der Waals surface area contributed by atoms with Gasteiger partial charge in [-0.05, 0) is 37.9 Å². The van der Waals surface area contributed by atoms with Crippen LogP contribution in [-0.4, -0.2) is 29.2 Å². The van der Waals surface area contributed by atoms with Gasteiger partial charge in [-0.25, -0.2) is 0 Å². The fraction of sp³-hybridized carbons (Fsp3) is 0.308. The van der Waals surface area contributed by atoms with E-state index in [1.807, 2.05) is 6.07 Å². The Balaban J connectivity index is 1.89. The summed E-state index contributed by atoms with van der Waals surface area (Å²) in [7, 11) is 4.15. The zero-order valence-electron chi connectivity index (χ0n) is 10.3. The van der Waals surface area contributed by atoms with E-state index < -0.39 is 0 Å². The maximum absolute atomic E-state index is 3.91. The summed E-state index contributed by atoms with van der Waals surface area (Å²) in [6, 6.07) is 10.5. The predicted molar refractivity (Wildman–Crippen MR) is 69.7 cm³/mol. The van der Waals surface area contributed by atoms with Crippen molar-refractivity contribution in [2.45, 2.75) is 13.1 Å². The van der Waals surface area contributed by atoms with Crippen molar-refractivity contribution >= 4 is 5.69 Å². The number of H-pyrrole nitrogens is 1. The van der Waals surface area contributed by atoms with Gasteiger partial charge in [-0.3, -0.25) is 5.10 Å². The standard InChI is InChI=1S/C13H18N4/c1-17(2)10-11-3-5-12(6-4-11)14-9-13-7-8-15-16-13/h3-8,14H,9-10H2,1-2H3,(H,15,16). The van der Waals surface area contributed by atoms with E-state index in [-0.39, 0.29) is 0 Å². The molecule has 2 rings (SSSR count). The Morgan fingerprint density at radius 1 is 1.18 bits per heavy atom. The van der Waals surface area contributed by atoms with Crippen molar-refractivity contribution in [2.75, 3.05) is 19.4 Å². The van der Waals surface area contributed by atoms with Gasteiger partial charge in [-0.1, -0.05) is 12.1 Å². The monoisotopic (exact) mass is 230 g/mol. The van der Waals surface area contributed by atoms with Gasteiger partial charge in [0, 0.05) is 18.4 Å². The molecule has 90 valence electrons. The number of rotatable bonds is 5. The SMILES string of the molecule is CN(C)Cc1ccc(NCc2ccn[nH]2)cc1. The summed E-state index contributed by atoms with van der Waals surface area (Å²) in [6.07, 6.45) is 1.76. The summed E-state index contributed by atoms with van der Waals surface area (Å²) in [5.74, 6) is 0. The molecule has 17 heavy (non-hydrogen) atoms. The molecule has 0 bridgehead atoms. The van der Waals surface area contributed by atoms with E-state index in [0.717, 1.165) is 24.5 Å². The molecule has 4 heteroatoms. The van der Waals surface area contributed by atoms with Crippen LogP contribution in [0.1, 0.15) is 11.3 Å². The van der Waals surface area contributed by atoms with Crippen LogP contribution in [0, 0.1) is 0 Å². The van der Waals surface area contributed by atoms with Crippen LogP contribution in [0.25, 0.3) is 0 Å². The largest absolute Gasteiger partial charge is 0.379 e. The minimum atomic E-state index is 0.771. The minimum Gasteiger partial charge on any atom is -0.379 e. The number of nitrogens with one attached hydrogen (secondary N) is 2. The van der Waals surface area contributed by atoms with Gasteiger partial charge in [-0.15, -0.1) is 0 Å². The second-order valence-electron chi connectivity index (χ2n) is 4.37. The van der Waals surface area contributed by atoms with Crippen molar-refractivity contribution in [3.8, 4) is 0 Å². The van der Waals surface area contributed by atoms with Crippen molar-refractivity contribution < 1.29 is 0 Å². The smallest absolute Gasteiger partial charge is 0.0567 e. The van der Waals surface area contributed by atoms with Gasteiger partial charge >= 0.3 is 0 Å². The number of benzene rings is 1. The van der Waals surface area contributed by atoms with Crippen LogP contribution in [0.5, 0.6) is 0 Å². The molecule has 0 unspecified atom stereocenters. The van der Waals surface area contributed by atoms with Gasteiger partial charge in [-0.2, -0.15) is 5.10 Å². The van der Waals surface area contributed by atoms with E-state index in [0.29, 0.717) is 0 Å². The second-order valence-corrected chi connectivity index (χ2v) is 4.37. The van der Waals surface area contributed by atoms with Crippen molar-refractivity contribution in [2.24, 2.45) is 0 Å². The van der Waals surface area contributed by atoms with Crippen molar-refractivity contribution in [3.05, 3.63) is 47.8 Å². The Kier molecular flexibility index (Phi) is 3.77. The first-order valence-electron chi connectivity index (χ1n) is 5.70. The highest BCUT2D eigenvalue weighted by molar-refractivity contribution is 5.44. The van der Waals surface area contributed by atoms with Crippen LogP contribution >= 0.6 is 0 Å². The third-order valence-electron chi connectivity index (χ3n) is 2.49. The number of nitrogens with zero attached hydrogens (tertiary/aromatic N) is 2. The lowest BCUT2D eigenvalue weighted by atomic mass is 10.2. The molecule has 0 aliphatic carbocycles. The first-order chi connectivity index (χ1) is 8.24. The topological polar surface area (TPSA) is 44.0 Å². The molecular weight excluding hydrogens is 212 g/mol. The molecule has 0 fully saturated rings. The quantitative estimate of drug-likeness (QED) is 0.826. The lowest BCUT2D eigenvalue weighted by Gasteiger charge is -2.10. The van der Waals surface area contributed by atoms with Gasteiger partial charge in [0.15, 0.2) is 0 Å². The van der Waals surface area contributed by atoms with E-state index in [2.05, 4.69) is 58.8 Å². The predicted octanol–water partition coefficient (Wildman–Crippen LogP) is 2.08. The highest BCUT2D eigenvalue weighted by Crippen LogP contribution is 2.11. The molecule has 1 aromatic heterocycles. The molecule has 1 heterocycles. The number of aromatic amines is 1. The van der Waals surface area contributed by atoms with Gasteiger partial charge in [0.25, 0.3) is 0 Å². The molecular formula is C13H18N4. The molecule has 2 N–H and O–H groups in total. The lowest BCUT2D eigenvalue weighted by Crippen LogP contribution is -2.10. The summed E-state index contributed by atoms with van der Waals surface area (Å²) in [5.41, 5.74) is 3.53. The summed E-state index contributed by atoms with van der Waals surface area (Å²) >= 11 is 0. The van der Waals surface area contributed by atoms with Crippen LogP contribution < -0.4 is 5.32 Å². The molecule has 2 aromatic rings. The summed E-state index contributed by atoms with van der Waals surface area (Å²) < 4.78 is 0. The average molecular weight is 230 g/mol. The maximum atomic E-state index is 3.91. The van der Waals surface area contributed by atoms with E-state index in [1.165, 1.54) is 5.56 Å². The third kappa shape index (κ3) is 3.60. The zero-order chi connectivity index (χ0) is 12.1. The van der Waals surface area contributed by atoms with Crippen molar-refractivity contribution in [1.29, 1.82) is 0 Å². The average Bonchev–Trinajstić information content (AvgIpc) is 2.80. The Hall–Kier alpha value is -1.81. The Bertz CT molecular complexity index is 431. The third-order valence-corrected chi connectivity index (χ3v) is 2.49. The Morgan fingerprint density at radius 3 is 2.53 bits per heavy atom. The minimum absolute atomic E-state index is 0.771. The highest BCUT2D eigenvalue weighted by Gasteiger charge is 1.97. The number of hydrogen-bond acceptors (Lipinski definition) is 3. The summed E-state index contributed by atoms with van der Waals surface area (Å²) in [4.78, 5) is 2.16. The van der Waals surface area contributed by atoms with E-state index >= 15 is 0 Å². The molecule has 0 amide bonds. The van der Waals surface area contributed by atoms with E-state index in [1.54, 1.807) is 6.20 Å². The molecule has 0 saturated heterocycles. The van der Waals surface area contributed by atoms with Crippen LogP contribution in [0.15, 0.2) is 36.5 Å². The van der Waals surface area contributed by atoms with Gasteiger partial charge in [0.05, 0.1) is 12.2 Å². The lowest BCUT2D eigenvalue weighted by molar-refractivity contribution is 0.402. The fourth-order valence-electron chi connectivity index (χ4n) is 1.67. The normalized spacial score (nSPS) is 10.8. The molecule has 0 radical (unpaired) electrons. The first kappa shape index (κ1) is 11.7. The molecule has 0 atom stereocenters. The Morgan fingerprint density at radius 2 is 1.94 bits per heavy atom. The number of hydrogen-bond donors (Lipinski definition) is 2. The zero-order valence-corrected chi connectivity index (χ0v) is 10.3. The van der Waals surface area contributed by atoms with E-state index in [4.69, 9.17) is 0 Å². The van der Waals surface area contributed by atoms with Crippen LogP contribution in [-0.2, 0) is 13.1 Å². The molecule has 0 spiro atoms. The summed E-state index contributed by atoms with van der Waals surface area (Å²) in [5, 5.41) is 10.2. The number of aromatic nitrogens is 2. The fourth-order valence-corrected chi connectivity index (χ4v) is 1.67. The van der Waals surface area contributed by atoms with Crippen molar-refractivity contribution in [3.63, 3.8) is 0 Å². The van der Waals surface area contributed by atoms with Gasteiger partial charge < -0.3 is 10.2 Å². The maximum Gasteiger partial charge on any atom is 0.0567 e. The number of anilines is 1. The molecule has 0 aliphatic rings. The first-order valence-corrected chi connectivity index (χ1v) is 5.70. The van der Waals surface area contributed by atoms with Crippen LogP contribution in [0.2, 0.25) is 0 Å².